The highest BCUT2D eigenvalue weighted by Gasteiger charge is 2.65. The van der Waals surface area contributed by atoms with Gasteiger partial charge in [-0.3, -0.25) is 0 Å². The van der Waals surface area contributed by atoms with Gasteiger partial charge < -0.3 is 0 Å². The predicted octanol–water partition coefficient (Wildman–Crippen LogP) is 3.07. The third-order valence-corrected chi connectivity index (χ3v) is 6.28. The summed E-state index contributed by atoms with van der Waals surface area (Å²) in [5.74, 6) is 1.12. The SMILES string of the molecule is c1cc2sncc2cc1N1N=N[C@H]2[C@H]3C[C@H]([C@@H]4N=N[C@H]34)[C@H]21. The molecule has 2 aliphatic heterocycles. The van der Waals surface area contributed by atoms with Crippen molar-refractivity contribution in [3.05, 3.63) is 24.4 Å². The van der Waals surface area contributed by atoms with Gasteiger partial charge >= 0.3 is 0 Å². The maximum atomic E-state index is 4.56. The van der Waals surface area contributed by atoms with Gasteiger partial charge in [0.2, 0.25) is 0 Å². The maximum Gasteiger partial charge on any atom is 0.101 e. The Kier molecular flexibility index (Phi) is 1.78. The molecular formula is C14H12N6S. The highest BCUT2D eigenvalue weighted by molar-refractivity contribution is 7.13. The fourth-order valence-corrected chi connectivity index (χ4v) is 5.19. The average molecular weight is 296 g/mol. The number of rotatable bonds is 1. The lowest BCUT2D eigenvalue weighted by atomic mass is 9.82. The van der Waals surface area contributed by atoms with Gasteiger partial charge in [-0.15, -0.1) is 0 Å². The van der Waals surface area contributed by atoms with Crippen LogP contribution in [0.3, 0.4) is 0 Å². The van der Waals surface area contributed by atoms with Crippen molar-refractivity contribution in [3.8, 4) is 0 Å². The van der Waals surface area contributed by atoms with Crippen LogP contribution in [0.4, 0.5) is 5.69 Å². The number of fused-ring (bicyclic) bond motifs is 9. The first-order valence-electron chi connectivity index (χ1n) is 7.34. The van der Waals surface area contributed by atoms with Crippen molar-refractivity contribution < 1.29 is 0 Å². The molecule has 0 N–H and O–H groups in total. The van der Waals surface area contributed by atoms with Crippen molar-refractivity contribution in [2.24, 2.45) is 32.4 Å². The molecule has 2 aliphatic carbocycles. The van der Waals surface area contributed by atoms with Gasteiger partial charge in [0, 0.05) is 23.4 Å². The van der Waals surface area contributed by atoms with E-state index in [0.717, 1.165) is 5.69 Å². The van der Waals surface area contributed by atoms with E-state index >= 15 is 0 Å². The van der Waals surface area contributed by atoms with Crippen LogP contribution in [-0.2, 0) is 0 Å². The second-order valence-corrected chi connectivity index (χ2v) is 7.19. The number of hydrogen-bond acceptors (Lipinski definition) is 7. The van der Waals surface area contributed by atoms with E-state index in [-0.39, 0.29) is 0 Å². The van der Waals surface area contributed by atoms with E-state index in [1.54, 1.807) is 0 Å². The molecule has 0 amide bonds. The van der Waals surface area contributed by atoms with Gasteiger partial charge in [0.05, 0.1) is 16.4 Å². The van der Waals surface area contributed by atoms with Crippen molar-refractivity contribution in [1.82, 2.24) is 4.37 Å². The molecule has 104 valence electrons. The van der Waals surface area contributed by atoms with Crippen LogP contribution in [0.1, 0.15) is 6.42 Å². The third-order valence-electron chi connectivity index (χ3n) is 5.50. The molecule has 4 aliphatic rings. The molecule has 2 aromatic rings. The van der Waals surface area contributed by atoms with Gasteiger partial charge in [-0.05, 0) is 36.2 Å². The van der Waals surface area contributed by atoms with E-state index in [2.05, 4.69) is 48.1 Å². The Balaban J connectivity index is 1.43. The van der Waals surface area contributed by atoms with Gasteiger partial charge in [0.15, 0.2) is 0 Å². The Morgan fingerprint density at radius 3 is 2.86 bits per heavy atom. The molecule has 0 unspecified atom stereocenters. The van der Waals surface area contributed by atoms with Crippen molar-refractivity contribution in [3.63, 3.8) is 0 Å². The number of hydrogen-bond donors (Lipinski definition) is 0. The summed E-state index contributed by atoms with van der Waals surface area (Å²) in [5.41, 5.74) is 1.12. The summed E-state index contributed by atoms with van der Waals surface area (Å²) in [6, 6.07) is 7.98. The van der Waals surface area contributed by atoms with Gasteiger partial charge in [-0.1, -0.05) is 5.22 Å². The van der Waals surface area contributed by atoms with Crippen LogP contribution in [0.2, 0.25) is 0 Å². The molecule has 0 radical (unpaired) electrons. The van der Waals surface area contributed by atoms with Crippen LogP contribution in [0, 0.1) is 11.8 Å². The van der Waals surface area contributed by atoms with E-state index < -0.39 is 0 Å². The van der Waals surface area contributed by atoms with E-state index in [4.69, 9.17) is 0 Å². The highest BCUT2D eigenvalue weighted by Crippen LogP contribution is 2.56. The van der Waals surface area contributed by atoms with Crippen LogP contribution < -0.4 is 5.01 Å². The Bertz CT molecular complexity index is 813. The van der Waals surface area contributed by atoms with E-state index in [0.29, 0.717) is 36.0 Å². The minimum absolute atomic E-state index is 0.312. The van der Waals surface area contributed by atoms with E-state index in [9.17, 15) is 0 Å². The molecule has 2 bridgehead atoms. The number of azo groups is 1. The van der Waals surface area contributed by atoms with Crippen molar-refractivity contribution >= 4 is 27.3 Å². The van der Waals surface area contributed by atoms with Crippen molar-refractivity contribution in [2.45, 2.75) is 30.6 Å². The lowest BCUT2D eigenvalue weighted by Crippen LogP contribution is -2.52. The normalized spacial score (nSPS) is 41.6. The highest BCUT2D eigenvalue weighted by atomic mass is 32.1. The summed E-state index contributed by atoms with van der Waals surface area (Å²) in [6.45, 7) is 0. The molecule has 1 aromatic carbocycles. The standard InChI is InChI=1S/C14H12N6S/c1-2-10-6(5-15-21-10)3-7(1)20-14-9-4-8(13(14)18-19-20)11-12(9)17-16-11/h1-3,5,8-9,11-14H,4H2/t8-,9+,11+,12-,13-,14+/m0/s1. The van der Waals surface area contributed by atoms with Crippen molar-refractivity contribution in [1.29, 1.82) is 0 Å². The summed E-state index contributed by atoms with van der Waals surface area (Å²) in [7, 11) is 0. The minimum atomic E-state index is 0.312. The molecule has 21 heavy (non-hydrogen) atoms. The molecule has 6 rings (SSSR count). The summed E-state index contributed by atoms with van der Waals surface area (Å²) in [4.78, 5) is 0. The largest absolute Gasteiger partial charge is 0.242 e. The Morgan fingerprint density at radius 1 is 1.05 bits per heavy atom. The molecule has 2 fully saturated rings. The molecule has 1 aromatic heterocycles. The Hall–Kier alpha value is -1.89. The second-order valence-electron chi connectivity index (χ2n) is 6.35. The average Bonchev–Trinajstić information content (AvgIpc) is 3.16. The molecular weight excluding hydrogens is 284 g/mol. The lowest BCUT2D eigenvalue weighted by molar-refractivity contribution is 0.242. The predicted molar refractivity (Wildman–Crippen MR) is 78.6 cm³/mol. The molecule has 3 heterocycles. The molecule has 6 atom stereocenters. The monoisotopic (exact) mass is 296 g/mol. The second kappa shape index (κ2) is 3.47. The summed E-state index contributed by atoms with van der Waals surface area (Å²) in [6.07, 6.45) is 3.13. The summed E-state index contributed by atoms with van der Waals surface area (Å²) >= 11 is 1.53. The first-order valence-corrected chi connectivity index (χ1v) is 8.12. The smallest absolute Gasteiger partial charge is 0.101 e. The van der Waals surface area contributed by atoms with Crippen LogP contribution >= 0.6 is 11.5 Å². The molecule has 0 spiro atoms. The van der Waals surface area contributed by atoms with Crippen LogP contribution in [0.15, 0.2) is 45.0 Å². The first kappa shape index (κ1) is 10.8. The van der Waals surface area contributed by atoms with E-state index in [1.807, 2.05) is 6.20 Å². The molecule has 6 nitrogen and oxygen atoms in total. The molecule has 7 heteroatoms. The fraction of sp³-hybridized carbons (Fsp3) is 0.500. The number of nitrogens with zero attached hydrogens (tertiary/aromatic N) is 6. The van der Waals surface area contributed by atoms with Gasteiger partial charge in [-0.2, -0.15) is 19.7 Å². The van der Waals surface area contributed by atoms with Crippen LogP contribution in [0.5, 0.6) is 0 Å². The summed E-state index contributed by atoms with van der Waals surface area (Å²) in [5, 5.41) is 21.0. The lowest BCUT2D eigenvalue weighted by Gasteiger charge is -2.38. The fourth-order valence-electron chi connectivity index (χ4n) is 4.56. The topological polar surface area (TPSA) is 65.6 Å². The van der Waals surface area contributed by atoms with Gasteiger partial charge in [0.25, 0.3) is 0 Å². The Labute approximate surface area is 124 Å². The zero-order valence-electron chi connectivity index (χ0n) is 11.1. The summed E-state index contributed by atoms with van der Waals surface area (Å²) < 4.78 is 5.46. The molecule has 0 saturated heterocycles. The zero-order valence-corrected chi connectivity index (χ0v) is 11.9. The Morgan fingerprint density at radius 2 is 1.95 bits per heavy atom. The minimum Gasteiger partial charge on any atom is -0.242 e. The number of benzene rings is 1. The van der Waals surface area contributed by atoms with E-state index in [1.165, 1.54) is 28.0 Å². The first-order chi connectivity index (χ1) is 10.4. The third kappa shape index (κ3) is 1.18. The quantitative estimate of drug-likeness (QED) is 0.811. The number of aromatic nitrogens is 1. The van der Waals surface area contributed by atoms with Gasteiger partial charge in [0.1, 0.15) is 18.1 Å². The zero-order chi connectivity index (χ0) is 13.6. The maximum absolute atomic E-state index is 4.56. The van der Waals surface area contributed by atoms with Crippen LogP contribution in [0.25, 0.3) is 10.1 Å². The van der Waals surface area contributed by atoms with Gasteiger partial charge in [-0.25, -0.2) is 5.01 Å². The molecule has 2 saturated carbocycles. The number of anilines is 1. The van der Waals surface area contributed by atoms with Crippen LogP contribution in [-0.4, -0.2) is 28.5 Å². The van der Waals surface area contributed by atoms with Crippen molar-refractivity contribution in [2.75, 3.05) is 5.01 Å².